The monoisotopic (exact) mass is 216 g/mol. The summed E-state index contributed by atoms with van der Waals surface area (Å²) in [6.45, 7) is 8.10. The van der Waals surface area contributed by atoms with Gasteiger partial charge in [0.1, 0.15) is 0 Å². The van der Waals surface area contributed by atoms with Gasteiger partial charge in [0, 0.05) is 0 Å². The summed E-state index contributed by atoms with van der Waals surface area (Å²) >= 11 is 0. The van der Waals surface area contributed by atoms with Crippen LogP contribution in [-0.4, -0.2) is 12.6 Å². The molecule has 0 aromatic heterocycles. The van der Waals surface area contributed by atoms with E-state index in [-0.39, 0.29) is 5.97 Å². The first kappa shape index (κ1) is 14.4. The predicted octanol–water partition coefficient (Wildman–Crippen LogP) is 3.48. The minimum Gasteiger partial charge on any atom is -0.298 e. The first-order chi connectivity index (χ1) is 6.98. The maximum absolute atomic E-state index is 11.3. The van der Waals surface area contributed by atoms with Gasteiger partial charge in [-0.25, -0.2) is 4.79 Å². The van der Waals surface area contributed by atoms with Crippen LogP contribution in [0.2, 0.25) is 0 Å². The van der Waals surface area contributed by atoms with Crippen LogP contribution in [0.3, 0.4) is 0 Å². The van der Waals surface area contributed by atoms with Gasteiger partial charge in [0.25, 0.3) is 0 Å². The molecule has 0 aliphatic carbocycles. The zero-order valence-electron chi connectivity index (χ0n) is 10.5. The molecule has 0 aromatic carbocycles. The number of hydrogen-bond acceptors (Lipinski definition) is 3. The van der Waals surface area contributed by atoms with Crippen LogP contribution in [0.15, 0.2) is 0 Å². The Labute approximate surface area is 93.1 Å². The number of unbranched alkanes of at least 4 members (excludes halogenated alkanes) is 4. The van der Waals surface area contributed by atoms with Gasteiger partial charge < -0.3 is 0 Å². The summed E-state index contributed by atoms with van der Waals surface area (Å²) in [5.74, 6) is -0.309. The largest absolute Gasteiger partial charge is 0.347 e. The normalized spacial score (nSPS) is 11.5. The van der Waals surface area contributed by atoms with E-state index in [1.165, 1.54) is 19.3 Å². The van der Waals surface area contributed by atoms with E-state index in [4.69, 9.17) is 4.89 Å². The summed E-state index contributed by atoms with van der Waals surface area (Å²) in [5.41, 5.74) is -0.484. The lowest BCUT2D eigenvalue weighted by Gasteiger charge is -2.14. The number of carbonyl (C=O) groups excluding carboxylic acids is 1. The standard InChI is InChI=1S/C12H24O3/c1-5-6-7-8-9-10-14-15-11(13)12(2,3)4/h5-10H2,1-4H3. The molecule has 0 amide bonds. The molecule has 0 spiro atoms. The van der Waals surface area contributed by atoms with Crippen LogP contribution in [0.5, 0.6) is 0 Å². The Balaban J connectivity index is 3.28. The molecule has 3 nitrogen and oxygen atoms in total. The lowest BCUT2D eigenvalue weighted by Crippen LogP contribution is -2.23. The Kier molecular flexibility index (Phi) is 7.39. The Morgan fingerprint density at radius 3 is 2.20 bits per heavy atom. The van der Waals surface area contributed by atoms with Gasteiger partial charge in [0.2, 0.25) is 0 Å². The van der Waals surface area contributed by atoms with E-state index in [1.54, 1.807) is 20.8 Å². The molecule has 0 aliphatic heterocycles. The van der Waals surface area contributed by atoms with Gasteiger partial charge in [-0.15, -0.1) is 0 Å². The molecule has 0 radical (unpaired) electrons. The van der Waals surface area contributed by atoms with Crippen molar-refractivity contribution in [2.24, 2.45) is 5.41 Å². The lowest BCUT2D eigenvalue weighted by atomic mass is 9.98. The third-order valence-electron chi connectivity index (χ3n) is 2.08. The van der Waals surface area contributed by atoms with Gasteiger partial charge in [0.15, 0.2) is 0 Å². The van der Waals surface area contributed by atoms with Crippen molar-refractivity contribution in [3.8, 4) is 0 Å². The molecule has 15 heavy (non-hydrogen) atoms. The zero-order valence-corrected chi connectivity index (χ0v) is 10.5. The van der Waals surface area contributed by atoms with Crippen LogP contribution in [0.4, 0.5) is 0 Å². The molecule has 0 aliphatic rings. The minimum absolute atomic E-state index is 0.309. The van der Waals surface area contributed by atoms with Crippen LogP contribution in [0.25, 0.3) is 0 Å². The minimum atomic E-state index is -0.484. The van der Waals surface area contributed by atoms with Crippen LogP contribution in [0, 0.1) is 5.41 Å². The van der Waals surface area contributed by atoms with Crippen LogP contribution in [0.1, 0.15) is 59.8 Å². The molecule has 0 N–H and O–H groups in total. The van der Waals surface area contributed by atoms with E-state index in [0.717, 1.165) is 12.8 Å². The second-order valence-electron chi connectivity index (χ2n) is 4.86. The zero-order chi connectivity index (χ0) is 11.7. The van der Waals surface area contributed by atoms with E-state index in [1.807, 2.05) is 0 Å². The molecule has 0 unspecified atom stereocenters. The highest BCUT2D eigenvalue weighted by atomic mass is 17.2. The molecule has 0 atom stereocenters. The first-order valence-electron chi connectivity index (χ1n) is 5.82. The summed E-state index contributed by atoms with van der Waals surface area (Å²) in [7, 11) is 0. The molecule has 0 rings (SSSR count). The van der Waals surface area contributed by atoms with E-state index < -0.39 is 5.41 Å². The average molecular weight is 216 g/mol. The SMILES string of the molecule is CCCCCCCOOC(=O)C(C)(C)C. The number of rotatable bonds is 7. The summed E-state index contributed by atoms with van der Waals surface area (Å²) in [6, 6.07) is 0. The fourth-order valence-corrected chi connectivity index (χ4v) is 0.985. The van der Waals surface area contributed by atoms with E-state index in [0.29, 0.717) is 6.61 Å². The maximum atomic E-state index is 11.3. The summed E-state index contributed by atoms with van der Waals surface area (Å²) in [4.78, 5) is 20.8. The Bertz CT molecular complexity index is 170. The van der Waals surface area contributed by atoms with Crippen LogP contribution < -0.4 is 0 Å². The second kappa shape index (κ2) is 7.69. The molecule has 0 aromatic rings. The van der Waals surface area contributed by atoms with Crippen molar-refractivity contribution >= 4 is 5.97 Å². The number of carbonyl (C=O) groups is 1. The second-order valence-corrected chi connectivity index (χ2v) is 4.86. The highest BCUT2D eigenvalue weighted by molar-refractivity contribution is 5.74. The predicted molar refractivity (Wildman–Crippen MR) is 60.3 cm³/mol. The van der Waals surface area contributed by atoms with Gasteiger partial charge in [-0.1, -0.05) is 32.6 Å². The molecule has 0 heterocycles. The van der Waals surface area contributed by atoms with Gasteiger partial charge in [-0.3, -0.25) is 4.89 Å². The van der Waals surface area contributed by atoms with Crippen LogP contribution >= 0.6 is 0 Å². The molecule has 90 valence electrons. The fourth-order valence-electron chi connectivity index (χ4n) is 0.985. The van der Waals surface area contributed by atoms with Crippen molar-refractivity contribution in [3.63, 3.8) is 0 Å². The van der Waals surface area contributed by atoms with Crippen molar-refractivity contribution in [2.45, 2.75) is 59.8 Å². The van der Waals surface area contributed by atoms with E-state index >= 15 is 0 Å². The average Bonchev–Trinajstić information content (AvgIpc) is 2.14. The third-order valence-corrected chi connectivity index (χ3v) is 2.08. The Morgan fingerprint density at radius 2 is 1.67 bits per heavy atom. The fraction of sp³-hybridized carbons (Fsp3) is 0.917. The molecular weight excluding hydrogens is 192 g/mol. The first-order valence-corrected chi connectivity index (χ1v) is 5.82. The molecule has 0 saturated heterocycles. The lowest BCUT2D eigenvalue weighted by molar-refractivity contribution is -0.279. The summed E-state index contributed by atoms with van der Waals surface area (Å²) in [6.07, 6.45) is 5.83. The van der Waals surface area contributed by atoms with E-state index in [9.17, 15) is 4.79 Å². The highest BCUT2D eigenvalue weighted by Crippen LogP contribution is 2.15. The molecular formula is C12H24O3. The smallest absolute Gasteiger partial charge is 0.298 e. The van der Waals surface area contributed by atoms with Gasteiger partial charge >= 0.3 is 5.97 Å². The Hall–Kier alpha value is -0.570. The van der Waals surface area contributed by atoms with Gasteiger partial charge in [-0.05, 0) is 27.2 Å². The number of hydrogen-bond donors (Lipinski definition) is 0. The molecule has 0 bridgehead atoms. The third kappa shape index (κ3) is 8.43. The topological polar surface area (TPSA) is 35.5 Å². The van der Waals surface area contributed by atoms with Gasteiger partial charge in [-0.2, -0.15) is 4.89 Å². The maximum Gasteiger partial charge on any atom is 0.347 e. The molecule has 3 heteroatoms. The van der Waals surface area contributed by atoms with Gasteiger partial charge in [0.05, 0.1) is 12.0 Å². The van der Waals surface area contributed by atoms with Crippen molar-refractivity contribution < 1.29 is 14.6 Å². The highest BCUT2D eigenvalue weighted by Gasteiger charge is 2.24. The van der Waals surface area contributed by atoms with Crippen molar-refractivity contribution in [2.75, 3.05) is 6.61 Å². The van der Waals surface area contributed by atoms with Crippen molar-refractivity contribution in [3.05, 3.63) is 0 Å². The summed E-state index contributed by atoms with van der Waals surface area (Å²) < 4.78 is 0. The van der Waals surface area contributed by atoms with E-state index in [2.05, 4.69) is 11.8 Å². The Morgan fingerprint density at radius 1 is 1.07 bits per heavy atom. The van der Waals surface area contributed by atoms with Crippen LogP contribution in [-0.2, 0) is 14.6 Å². The molecule has 0 fully saturated rings. The van der Waals surface area contributed by atoms with Crippen molar-refractivity contribution in [1.29, 1.82) is 0 Å². The summed E-state index contributed by atoms with van der Waals surface area (Å²) in [5, 5.41) is 0. The van der Waals surface area contributed by atoms with Crippen molar-refractivity contribution in [1.82, 2.24) is 0 Å². The quantitative estimate of drug-likeness (QED) is 0.371. The molecule has 0 saturated carbocycles.